The highest BCUT2D eigenvalue weighted by molar-refractivity contribution is 5.92. The van der Waals surface area contributed by atoms with Gasteiger partial charge in [-0.1, -0.05) is 13.3 Å². The molecule has 5 nitrogen and oxygen atoms in total. The lowest BCUT2D eigenvalue weighted by Gasteiger charge is -2.36. The number of aryl methyl sites for hydroxylation is 2. The zero-order valence-electron chi connectivity index (χ0n) is 11.3. The summed E-state index contributed by atoms with van der Waals surface area (Å²) in [5.74, 6) is 1.24. The van der Waals surface area contributed by atoms with Crippen molar-refractivity contribution < 1.29 is 9.21 Å². The van der Waals surface area contributed by atoms with Crippen molar-refractivity contribution in [1.29, 1.82) is 0 Å². The Morgan fingerprint density at radius 3 is 2.83 bits per heavy atom. The van der Waals surface area contributed by atoms with Gasteiger partial charge in [-0.3, -0.25) is 4.79 Å². The number of carbonyl (C=O) groups excluding carboxylic acids is 1. The van der Waals surface area contributed by atoms with Crippen molar-refractivity contribution in [2.24, 2.45) is 11.7 Å². The first-order chi connectivity index (χ1) is 8.52. The van der Waals surface area contributed by atoms with Crippen molar-refractivity contribution in [2.75, 3.05) is 13.1 Å². The third-order valence-electron chi connectivity index (χ3n) is 3.70. The minimum atomic E-state index is -0.0570. The fourth-order valence-corrected chi connectivity index (χ4v) is 2.54. The van der Waals surface area contributed by atoms with Crippen LogP contribution in [0.2, 0.25) is 0 Å². The van der Waals surface area contributed by atoms with Crippen molar-refractivity contribution in [3.63, 3.8) is 0 Å². The van der Waals surface area contributed by atoms with Crippen molar-refractivity contribution >= 4 is 5.91 Å². The highest BCUT2D eigenvalue weighted by atomic mass is 16.4. The SMILES string of the molecule is CCC1CN(C(=O)c2oc(C)nc2C)CCC1N. The van der Waals surface area contributed by atoms with E-state index in [1.165, 1.54) is 0 Å². The number of piperidine rings is 1. The van der Waals surface area contributed by atoms with E-state index in [4.69, 9.17) is 10.2 Å². The van der Waals surface area contributed by atoms with E-state index in [2.05, 4.69) is 11.9 Å². The Balaban J connectivity index is 2.12. The normalized spacial score (nSPS) is 24.3. The molecule has 0 aliphatic carbocycles. The van der Waals surface area contributed by atoms with Gasteiger partial charge >= 0.3 is 0 Å². The first-order valence-corrected chi connectivity index (χ1v) is 6.51. The smallest absolute Gasteiger partial charge is 0.291 e. The summed E-state index contributed by atoms with van der Waals surface area (Å²) in [6.45, 7) is 7.09. The molecular weight excluding hydrogens is 230 g/mol. The van der Waals surface area contributed by atoms with Gasteiger partial charge in [-0.2, -0.15) is 0 Å². The largest absolute Gasteiger partial charge is 0.436 e. The van der Waals surface area contributed by atoms with Crippen LogP contribution in [0.1, 0.15) is 41.9 Å². The fourth-order valence-electron chi connectivity index (χ4n) is 2.54. The van der Waals surface area contributed by atoms with Crippen molar-refractivity contribution in [1.82, 2.24) is 9.88 Å². The Labute approximate surface area is 107 Å². The molecule has 2 unspecified atom stereocenters. The number of hydrogen-bond donors (Lipinski definition) is 1. The number of carbonyl (C=O) groups is 1. The molecule has 0 saturated carbocycles. The zero-order chi connectivity index (χ0) is 13.3. The number of amides is 1. The highest BCUT2D eigenvalue weighted by Crippen LogP contribution is 2.21. The molecule has 0 radical (unpaired) electrons. The monoisotopic (exact) mass is 251 g/mol. The van der Waals surface area contributed by atoms with Crippen LogP contribution in [-0.4, -0.2) is 34.9 Å². The van der Waals surface area contributed by atoms with Gasteiger partial charge in [-0.05, 0) is 19.3 Å². The van der Waals surface area contributed by atoms with E-state index in [0.29, 0.717) is 29.8 Å². The molecule has 2 atom stereocenters. The molecule has 2 rings (SSSR count). The highest BCUT2D eigenvalue weighted by Gasteiger charge is 2.30. The lowest BCUT2D eigenvalue weighted by Crippen LogP contribution is -2.49. The Kier molecular flexibility index (Phi) is 3.71. The Morgan fingerprint density at radius 1 is 1.56 bits per heavy atom. The first-order valence-electron chi connectivity index (χ1n) is 6.51. The second-order valence-corrected chi connectivity index (χ2v) is 5.02. The average molecular weight is 251 g/mol. The number of hydrogen-bond acceptors (Lipinski definition) is 4. The third-order valence-corrected chi connectivity index (χ3v) is 3.70. The van der Waals surface area contributed by atoms with Gasteiger partial charge in [-0.25, -0.2) is 4.98 Å². The van der Waals surface area contributed by atoms with Crippen LogP contribution < -0.4 is 5.73 Å². The van der Waals surface area contributed by atoms with E-state index >= 15 is 0 Å². The summed E-state index contributed by atoms with van der Waals surface area (Å²) in [4.78, 5) is 18.3. The van der Waals surface area contributed by atoms with Crippen LogP contribution in [0.25, 0.3) is 0 Å². The van der Waals surface area contributed by atoms with Crippen LogP contribution in [0, 0.1) is 19.8 Å². The first kappa shape index (κ1) is 13.1. The van der Waals surface area contributed by atoms with E-state index in [9.17, 15) is 4.79 Å². The molecule has 0 bridgehead atoms. The van der Waals surface area contributed by atoms with Crippen molar-refractivity contribution in [3.05, 3.63) is 17.3 Å². The van der Waals surface area contributed by atoms with Gasteiger partial charge in [0, 0.05) is 26.1 Å². The van der Waals surface area contributed by atoms with Gasteiger partial charge in [0.15, 0.2) is 5.89 Å². The number of nitrogens with zero attached hydrogens (tertiary/aromatic N) is 2. The topological polar surface area (TPSA) is 72.4 Å². The van der Waals surface area contributed by atoms with Gasteiger partial charge in [-0.15, -0.1) is 0 Å². The molecule has 1 aromatic heterocycles. The van der Waals surface area contributed by atoms with E-state index in [1.807, 2.05) is 4.90 Å². The van der Waals surface area contributed by atoms with Crippen LogP contribution in [0.15, 0.2) is 4.42 Å². The van der Waals surface area contributed by atoms with Gasteiger partial charge in [0.2, 0.25) is 5.76 Å². The Hall–Kier alpha value is -1.36. The van der Waals surface area contributed by atoms with Gasteiger partial charge in [0.25, 0.3) is 5.91 Å². The number of rotatable bonds is 2. The Morgan fingerprint density at radius 2 is 2.28 bits per heavy atom. The molecule has 1 fully saturated rings. The summed E-state index contributed by atoms with van der Waals surface area (Å²) in [6, 6.07) is 0.205. The summed E-state index contributed by atoms with van der Waals surface area (Å²) >= 11 is 0. The zero-order valence-corrected chi connectivity index (χ0v) is 11.3. The van der Waals surface area contributed by atoms with Crippen molar-refractivity contribution in [3.8, 4) is 0 Å². The van der Waals surface area contributed by atoms with Crippen LogP contribution in [-0.2, 0) is 0 Å². The van der Waals surface area contributed by atoms with E-state index in [1.54, 1.807) is 13.8 Å². The second-order valence-electron chi connectivity index (χ2n) is 5.02. The lowest BCUT2D eigenvalue weighted by atomic mass is 9.90. The standard InChI is InChI=1S/C13H21N3O2/c1-4-10-7-16(6-5-11(10)14)13(17)12-8(2)15-9(3)18-12/h10-11H,4-7,14H2,1-3H3. The predicted molar refractivity (Wildman–Crippen MR) is 68.3 cm³/mol. The molecular formula is C13H21N3O2. The minimum absolute atomic E-state index is 0.0570. The maximum absolute atomic E-state index is 12.4. The maximum Gasteiger partial charge on any atom is 0.291 e. The molecule has 5 heteroatoms. The lowest BCUT2D eigenvalue weighted by molar-refractivity contribution is 0.0615. The summed E-state index contributed by atoms with van der Waals surface area (Å²) < 4.78 is 5.39. The molecule has 2 N–H and O–H groups in total. The minimum Gasteiger partial charge on any atom is -0.436 e. The van der Waals surface area contributed by atoms with Gasteiger partial charge < -0.3 is 15.1 Å². The van der Waals surface area contributed by atoms with E-state index in [-0.39, 0.29) is 11.9 Å². The van der Waals surface area contributed by atoms with Crippen LogP contribution in [0.5, 0.6) is 0 Å². The van der Waals surface area contributed by atoms with E-state index < -0.39 is 0 Å². The van der Waals surface area contributed by atoms with Crippen molar-refractivity contribution in [2.45, 2.75) is 39.7 Å². The number of nitrogens with two attached hydrogens (primary N) is 1. The quantitative estimate of drug-likeness (QED) is 0.864. The number of oxazole rings is 1. The number of aromatic nitrogens is 1. The summed E-state index contributed by atoms with van der Waals surface area (Å²) in [5, 5.41) is 0. The van der Waals surface area contributed by atoms with E-state index in [0.717, 1.165) is 19.4 Å². The molecule has 0 spiro atoms. The molecule has 1 aliphatic rings. The number of likely N-dealkylation sites (tertiary alicyclic amines) is 1. The summed E-state index contributed by atoms with van der Waals surface area (Å²) in [6.07, 6.45) is 1.86. The van der Waals surface area contributed by atoms with Crippen LogP contribution >= 0.6 is 0 Å². The molecule has 0 aromatic carbocycles. The summed E-state index contributed by atoms with van der Waals surface area (Å²) in [7, 11) is 0. The molecule has 1 aliphatic heterocycles. The molecule has 100 valence electrons. The van der Waals surface area contributed by atoms with Crippen LogP contribution in [0.3, 0.4) is 0 Å². The molecule has 18 heavy (non-hydrogen) atoms. The molecule has 2 heterocycles. The van der Waals surface area contributed by atoms with Gasteiger partial charge in [0.05, 0.1) is 5.69 Å². The summed E-state index contributed by atoms with van der Waals surface area (Å²) in [5.41, 5.74) is 6.72. The Bertz CT molecular complexity index is 441. The third kappa shape index (κ3) is 2.41. The fraction of sp³-hybridized carbons (Fsp3) is 0.692. The van der Waals surface area contributed by atoms with Gasteiger partial charge in [0.1, 0.15) is 0 Å². The second kappa shape index (κ2) is 5.10. The molecule has 1 aromatic rings. The average Bonchev–Trinajstić information content (AvgIpc) is 2.68. The molecule has 1 saturated heterocycles. The maximum atomic E-state index is 12.4. The predicted octanol–water partition coefficient (Wildman–Crippen LogP) is 1.49. The molecule has 1 amide bonds. The van der Waals surface area contributed by atoms with Crippen LogP contribution in [0.4, 0.5) is 0 Å².